The third-order valence-corrected chi connectivity index (χ3v) is 5.38. The Morgan fingerprint density at radius 3 is 2.69 bits per heavy atom. The van der Waals surface area contributed by atoms with Crippen LogP contribution in [0.4, 0.5) is 0 Å². The van der Waals surface area contributed by atoms with Crippen molar-refractivity contribution >= 4 is 21.9 Å². The van der Waals surface area contributed by atoms with Gasteiger partial charge < -0.3 is 0 Å². The molecule has 7 heteroatoms. The van der Waals surface area contributed by atoms with Crippen LogP contribution >= 0.6 is 11.3 Å². The molecule has 0 saturated heterocycles. The van der Waals surface area contributed by atoms with E-state index in [9.17, 15) is 0 Å². The number of nitrogens with zero attached hydrogens (tertiary/aromatic N) is 6. The Kier molecular flexibility index (Phi) is 3.53. The maximum absolute atomic E-state index is 4.76. The first-order valence-electron chi connectivity index (χ1n) is 8.49. The van der Waals surface area contributed by atoms with Crippen molar-refractivity contribution in [2.75, 3.05) is 0 Å². The Hall–Kier alpha value is -3.06. The minimum atomic E-state index is 0.735. The second-order valence-electron chi connectivity index (χ2n) is 6.17. The van der Waals surface area contributed by atoms with Crippen LogP contribution in [0.2, 0.25) is 0 Å². The van der Waals surface area contributed by atoms with Gasteiger partial charge in [0.1, 0.15) is 16.3 Å². The van der Waals surface area contributed by atoms with Gasteiger partial charge in [0.05, 0.1) is 5.69 Å². The zero-order valence-electron chi connectivity index (χ0n) is 14.2. The lowest BCUT2D eigenvalue weighted by Gasteiger charge is -2.00. The van der Waals surface area contributed by atoms with E-state index in [1.807, 2.05) is 46.3 Å². The van der Waals surface area contributed by atoms with Crippen LogP contribution in [0.1, 0.15) is 16.3 Å². The summed E-state index contributed by atoms with van der Waals surface area (Å²) >= 11 is 1.59. The Morgan fingerprint density at radius 1 is 0.962 bits per heavy atom. The minimum Gasteiger partial charge on any atom is -0.297 e. The number of benzene rings is 1. The summed E-state index contributed by atoms with van der Waals surface area (Å²) in [5.41, 5.74) is 4.07. The molecular weight excluding hydrogens is 344 g/mol. The standard InChI is InChI=1S/C19H16N6S/c1-13-17(24-12-6-5-9-15(24)20-13)18-21-22-19-25(18)23-16(26-19)11-10-14-7-3-2-4-8-14/h2-9,12H,10-11H2,1H3. The van der Waals surface area contributed by atoms with E-state index in [1.165, 1.54) is 5.56 Å². The summed E-state index contributed by atoms with van der Waals surface area (Å²) in [5, 5.41) is 14.5. The van der Waals surface area contributed by atoms with Crippen molar-refractivity contribution in [3.63, 3.8) is 0 Å². The number of aryl methyl sites for hydroxylation is 3. The Balaban J connectivity index is 1.53. The topological polar surface area (TPSA) is 60.4 Å². The maximum Gasteiger partial charge on any atom is 0.235 e. The predicted molar refractivity (Wildman–Crippen MR) is 101 cm³/mol. The fourth-order valence-electron chi connectivity index (χ4n) is 3.18. The summed E-state index contributed by atoms with van der Waals surface area (Å²) < 4.78 is 3.88. The molecule has 4 aromatic heterocycles. The zero-order chi connectivity index (χ0) is 17.5. The fraction of sp³-hybridized carbons (Fsp3) is 0.158. The van der Waals surface area contributed by atoms with Gasteiger partial charge in [-0.2, -0.15) is 9.61 Å². The molecule has 0 saturated carbocycles. The lowest BCUT2D eigenvalue weighted by atomic mass is 10.1. The normalized spacial score (nSPS) is 11.6. The van der Waals surface area contributed by atoms with Gasteiger partial charge >= 0.3 is 0 Å². The van der Waals surface area contributed by atoms with Crippen LogP contribution in [0.15, 0.2) is 54.7 Å². The van der Waals surface area contributed by atoms with Crippen LogP contribution in [0.25, 0.3) is 22.1 Å². The molecule has 0 spiro atoms. The lowest BCUT2D eigenvalue weighted by molar-refractivity contribution is 0.861. The van der Waals surface area contributed by atoms with E-state index < -0.39 is 0 Å². The van der Waals surface area contributed by atoms with E-state index in [0.717, 1.165) is 45.7 Å². The lowest BCUT2D eigenvalue weighted by Crippen LogP contribution is -1.98. The molecule has 0 aliphatic carbocycles. The molecule has 0 unspecified atom stereocenters. The van der Waals surface area contributed by atoms with Crippen molar-refractivity contribution in [2.24, 2.45) is 0 Å². The molecule has 0 aliphatic rings. The van der Waals surface area contributed by atoms with Gasteiger partial charge in [-0.3, -0.25) is 4.40 Å². The van der Waals surface area contributed by atoms with E-state index >= 15 is 0 Å². The van der Waals surface area contributed by atoms with Gasteiger partial charge in [0.15, 0.2) is 0 Å². The molecule has 0 atom stereocenters. The second kappa shape index (κ2) is 6.03. The Morgan fingerprint density at radius 2 is 1.81 bits per heavy atom. The molecule has 0 radical (unpaired) electrons. The van der Waals surface area contributed by atoms with E-state index in [-0.39, 0.29) is 0 Å². The predicted octanol–water partition coefficient (Wildman–Crippen LogP) is 3.59. The average molecular weight is 360 g/mol. The monoisotopic (exact) mass is 360 g/mol. The van der Waals surface area contributed by atoms with Crippen LogP contribution < -0.4 is 0 Å². The first-order valence-corrected chi connectivity index (χ1v) is 9.30. The molecule has 0 N–H and O–H groups in total. The fourth-order valence-corrected chi connectivity index (χ4v) is 4.02. The second-order valence-corrected chi connectivity index (χ2v) is 7.21. The average Bonchev–Trinajstić information content (AvgIpc) is 3.32. The van der Waals surface area contributed by atoms with Gasteiger partial charge in [-0.25, -0.2) is 4.98 Å². The van der Waals surface area contributed by atoms with E-state index in [0.29, 0.717) is 0 Å². The smallest absolute Gasteiger partial charge is 0.235 e. The van der Waals surface area contributed by atoms with Gasteiger partial charge in [0.25, 0.3) is 0 Å². The highest BCUT2D eigenvalue weighted by molar-refractivity contribution is 7.16. The van der Waals surface area contributed by atoms with Crippen molar-refractivity contribution in [3.8, 4) is 11.5 Å². The van der Waals surface area contributed by atoms with Gasteiger partial charge in [-0.15, -0.1) is 10.2 Å². The van der Waals surface area contributed by atoms with Crippen LogP contribution in [-0.4, -0.2) is 29.2 Å². The molecule has 0 fully saturated rings. The Bertz CT molecular complexity index is 1200. The minimum absolute atomic E-state index is 0.735. The SMILES string of the molecule is Cc1nc2ccccn2c1-c1nnc2sc(CCc3ccccc3)nn12. The molecule has 0 aliphatic heterocycles. The summed E-state index contributed by atoms with van der Waals surface area (Å²) in [7, 11) is 0. The molecule has 5 rings (SSSR count). The van der Waals surface area contributed by atoms with Crippen LogP contribution in [0.3, 0.4) is 0 Å². The van der Waals surface area contributed by atoms with E-state index in [2.05, 4.69) is 39.4 Å². The van der Waals surface area contributed by atoms with Crippen molar-refractivity contribution in [1.82, 2.24) is 29.2 Å². The largest absolute Gasteiger partial charge is 0.297 e. The maximum atomic E-state index is 4.76. The van der Waals surface area contributed by atoms with Crippen LogP contribution in [0, 0.1) is 6.92 Å². The molecule has 4 heterocycles. The van der Waals surface area contributed by atoms with Gasteiger partial charge in [-0.05, 0) is 31.0 Å². The van der Waals surface area contributed by atoms with Gasteiger partial charge in [-0.1, -0.05) is 47.7 Å². The number of aromatic nitrogens is 6. The summed E-state index contributed by atoms with van der Waals surface area (Å²) in [4.78, 5) is 5.43. The number of imidazole rings is 1. The van der Waals surface area contributed by atoms with E-state index in [4.69, 9.17) is 5.10 Å². The van der Waals surface area contributed by atoms with Crippen molar-refractivity contribution in [2.45, 2.75) is 19.8 Å². The zero-order valence-corrected chi connectivity index (χ0v) is 15.0. The van der Waals surface area contributed by atoms with Gasteiger partial charge in [0.2, 0.25) is 10.8 Å². The molecule has 0 bridgehead atoms. The van der Waals surface area contributed by atoms with Crippen molar-refractivity contribution in [3.05, 3.63) is 71.0 Å². The molecule has 1 aromatic carbocycles. The molecule has 5 aromatic rings. The molecule has 26 heavy (non-hydrogen) atoms. The third kappa shape index (κ3) is 2.48. The van der Waals surface area contributed by atoms with E-state index in [1.54, 1.807) is 11.3 Å². The third-order valence-electron chi connectivity index (χ3n) is 4.42. The summed E-state index contributed by atoms with van der Waals surface area (Å²) in [5.74, 6) is 0.735. The number of hydrogen-bond donors (Lipinski definition) is 0. The van der Waals surface area contributed by atoms with Crippen molar-refractivity contribution < 1.29 is 0 Å². The highest BCUT2D eigenvalue weighted by atomic mass is 32.1. The van der Waals surface area contributed by atoms with Gasteiger partial charge in [0, 0.05) is 12.6 Å². The number of pyridine rings is 1. The number of fused-ring (bicyclic) bond motifs is 2. The highest BCUT2D eigenvalue weighted by Gasteiger charge is 2.19. The summed E-state index contributed by atoms with van der Waals surface area (Å²) in [6, 6.07) is 16.4. The Labute approximate surface area is 153 Å². The van der Waals surface area contributed by atoms with Crippen molar-refractivity contribution in [1.29, 1.82) is 0 Å². The first-order chi connectivity index (χ1) is 12.8. The molecule has 6 nitrogen and oxygen atoms in total. The highest BCUT2D eigenvalue weighted by Crippen LogP contribution is 2.26. The number of hydrogen-bond acceptors (Lipinski definition) is 5. The first kappa shape index (κ1) is 15.2. The molecular formula is C19H16N6S. The summed E-state index contributed by atoms with van der Waals surface area (Å²) in [6.45, 7) is 1.99. The molecule has 0 amide bonds. The summed E-state index contributed by atoms with van der Waals surface area (Å²) in [6.07, 6.45) is 3.85. The molecule has 128 valence electrons. The van der Waals surface area contributed by atoms with Crippen LogP contribution in [-0.2, 0) is 12.8 Å². The van der Waals surface area contributed by atoms with Crippen LogP contribution in [0.5, 0.6) is 0 Å². The number of rotatable bonds is 4. The quantitative estimate of drug-likeness (QED) is 0.491.